The number of nitrogens with zero attached hydrogens (tertiary/aromatic N) is 2. The van der Waals surface area contributed by atoms with E-state index in [2.05, 4.69) is 181 Å². The predicted molar refractivity (Wildman–Crippen MR) is 216 cm³/mol. The van der Waals surface area contributed by atoms with E-state index in [1.807, 2.05) is 24.8 Å². The normalized spacial score (nSPS) is 14.7. The molecule has 1 atom stereocenters. The van der Waals surface area contributed by atoms with Crippen molar-refractivity contribution in [2.24, 2.45) is 0 Å². The highest BCUT2D eigenvalue weighted by Crippen LogP contribution is 2.57. The second kappa shape index (κ2) is 12.0. The Kier molecular flexibility index (Phi) is 6.97. The fourth-order valence-corrected chi connectivity index (χ4v) is 8.40. The topological polar surface area (TPSA) is 25.8 Å². The number of aromatic nitrogens is 2. The highest BCUT2D eigenvalue weighted by molar-refractivity contribution is 6.01. The van der Waals surface area contributed by atoms with E-state index in [9.17, 15) is 0 Å². The maximum absolute atomic E-state index is 4.30. The second-order valence-corrected chi connectivity index (χ2v) is 14.0. The van der Waals surface area contributed by atoms with Gasteiger partial charge in [0.25, 0.3) is 0 Å². The molecule has 0 bridgehead atoms. The zero-order chi connectivity index (χ0) is 34.6. The van der Waals surface area contributed by atoms with Crippen LogP contribution < -0.4 is 0 Å². The van der Waals surface area contributed by atoms with E-state index < -0.39 is 0 Å². The number of pyridine rings is 2. The highest BCUT2D eigenvalue weighted by atomic mass is 14.6. The van der Waals surface area contributed by atoms with Gasteiger partial charge in [0.2, 0.25) is 0 Å². The van der Waals surface area contributed by atoms with Crippen LogP contribution in [0, 0.1) is 0 Å². The molecule has 0 fully saturated rings. The Labute approximate surface area is 303 Å². The van der Waals surface area contributed by atoms with E-state index >= 15 is 0 Å². The molecule has 1 aliphatic rings. The minimum Gasteiger partial charge on any atom is -0.264 e. The van der Waals surface area contributed by atoms with Gasteiger partial charge in [-0.05, 0) is 114 Å². The maximum Gasteiger partial charge on any atom is 0.0435 e. The summed E-state index contributed by atoms with van der Waals surface area (Å²) in [4.78, 5) is 8.58. The van der Waals surface area contributed by atoms with E-state index in [0.717, 1.165) is 10.8 Å². The first-order valence-corrected chi connectivity index (χ1v) is 17.9. The Hall–Kier alpha value is -6.64. The average Bonchev–Trinajstić information content (AvgIpc) is 3.49. The molecular formula is C50H34N2. The first-order valence-electron chi connectivity index (χ1n) is 17.9. The van der Waals surface area contributed by atoms with Gasteiger partial charge in [0.15, 0.2) is 0 Å². The lowest BCUT2D eigenvalue weighted by Gasteiger charge is -2.29. The predicted octanol–water partition coefficient (Wildman–Crippen LogP) is 12.8. The zero-order valence-electron chi connectivity index (χ0n) is 28.8. The van der Waals surface area contributed by atoms with Crippen LogP contribution in [0.5, 0.6) is 0 Å². The van der Waals surface area contributed by atoms with Gasteiger partial charge in [-0.15, -0.1) is 0 Å². The average molecular weight is 663 g/mol. The summed E-state index contributed by atoms with van der Waals surface area (Å²) >= 11 is 0. The van der Waals surface area contributed by atoms with Gasteiger partial charge < -0.3 is 0 Å². The minimum absolute atomic E-state index is 0.282. The summed E-state index contributed by atoms with van der Waals surface area (Å²) in [5, 5.41) is 4.69. The standard InChI is InChI=1S/C50H34N2/c1-50(43-7-3-2-4-8-43)46-10-6-5-9-45(46)49-47(50)24-23-44(35-15-11-33(12-16-35)37-19-21-41-31-51-27-25-39(41)29-37)48(49)36-17-13-34(14-18-36)38-20-22-42-32-52-28-26-40(42)30-38/h2-32H,1H3. The van der Waals surface area contributed by atoms with E-state index in [1.54, 1.807) is 0 Å². The second-order valence-electron chi connectivity index (χ2n) is 14.0. The lowest BCUT2D eigenvalue weighted by molar-refractivity contribution is 0.714. The maximum atomic E-state index is 4.30. The van der Waals surface area contributed by atoms with Gasteiger partial charge in [-0.25, -0.2) is 0 Å². The molecule has 0 saturated carbocycles. The number of rotatable bonds is 5. The molecule has 0 amide bonds. The monoisotopic (exact) mass is 662 g/mol. The van der Waals surface area contributed by atoms with Gasteiger partial charge in [0.1, 0.15) is 0 Å². The van der Waals surface area contributed by atoms with Crippen molar-refractivity contribution in [1.29, 1.82) is 0 Å². The van der Waals surface area contributed by atoms with Crippen LogP contribution >= 0.6 is 0 Å². The molecule has 2 heterocycles. The molecule has 52 heavy (non-hydrogen) atoms. The van der Waals surface area contributed by atoms with E-state index in [0.29, 0.717) is 0 Å². The molecule has 2 aromatic heterocycles. The lowest BCUT2D eigenvalue weighted by atomic mass is 9.73. The summed E-state index contributed by atoms with van der Waals surface area (Å²) in [6.07, 6.45) is 7.56. The van der Waals surface area contributed by atoms with Gasteiger partial charge in [-0.3, -0.25) is 9.97 Å². The van der Waals surface area contributed by atoms with Crippen LogP contribution in [-0.2, 0) is 5.41 Å². The van der Waals surface area contributed by atoms with Crippen molar-refractivity contribution in [2.45, 2.75) is 12.3 Å². The molecular weight excluding hydrogens is 629 g/mol. The van der Waals surface area contributed by atoms with Crippen LogP contribution in [0.2, 0.25) is 0 Å². The summed E-state index contributed by atoms with van der Waals surface area (Å²) in [7, 11) is 0. The molecule has 0 radical (unpaired) electrons. The van der Waals surface area contributed by atoms with Gasteiger partial charge in [-0.1, -0.05) is 140 Å². The van der Waals surface area contributed by atoms with Crippen LogP contribution in [0.1, 0.15) is 23.6 Å². The first-order chi connectivity index (χ1) is 25.6. The van der Waals surface area contributed by atoms with Crippen molar-refractivity contribution in [3.8, 4) is 55.6 Å². The largest absolute Gasteiger partial charge is 0.264 e. The third-order valence-electron chi connectivity index (χ3n) is 11.1. The van der Waals surface area contributed by atoms with Crippen molar-refractivity contribution in [2.75, 3.05) is 0 Å². The molecule has 9 aromatic rings. The van der Waals surface area contributed by atoms with Gasteiger partial charge in [-0.2, -0.15) is 0 Å². The van der Waals surface area contributed by atoms with Gasteiger partial charge >= 0.3 is 0 Å². The number of fused-ring (bicyclic) bond motifs is 5. The molecule has 0 saturated heterocycles. The van der Waals surface area contributed by atoms with Crippen molar-refractivity contribution < 1.29 is 0 Å². The summed E-state index contributed by atoms with van der Waals surface area (Å²) in [5.74, 6) is 0. The summed E-state index contributed by atoms with van der Waals surface area (Å²) in [6, 6.07) is 60.3. The first kappa shape index (κ1) is 30.2. The Bertz CT molecular complexity index is 2780. The summed E-state index contributed by atoms with van der Waals surface area (Å²) in [6.45, 7) is 2.39. The summed E-state index contributed by atoms with van der Waals surface area (Å²) < 4.78 is 0. The van der Waals surface area contributed by atoms with Crippen molar-refractivity contribution in [3.63, 3.8) is 0 Å². The van der Waals surface area contributed by atoms with Crippen molar-refractivity contribution in [1.82, 2.24) is 9.97 Å². The third-order valence-corrected chi connectivity index (χ3v) is 11.1. The molecule has 10 rings (SSSR count). The van der Waals surface area contributed by atoms with Gasteiger partial charge in [0, 0.05) is 41.0 Å². The van der Waals surface area contributed by atoms with Crippen molar-refractivity contribution in [3.05, 3.63) is 205 Å². The zero-order valence-corrected chi connectivity index (χ0v) is 28.8. The molecule has 1 unspecified atom stereocenters. The quantitative estimate of drug-likeness (QED) is 0.183. The number of hydrogen-bond donors (Lipinski definition) is 0. The fourth-order valence-electron chi connectivity index (χ4n) is 8.40. The Morgan fingerprint density at radius 2 is 0.904 bits per heavy atom. The van der Waals surface area contributed by atoms with E-state index in [1.165, 1.54) is 83.1 Å². The minimum atomic E-state index is -0.282. The summed E-state index contributed by atoms with van der Waals surface area (Å²) in [5.41, 5.74) is 16.0. The van der Waals surface area contributed by atoms with Crippen LogP contribution in [0.3, 0.4) is 0 Å². The molecule has 7 aromatic carbocycles. The lowest BCUT2D eigenvalue weighted by Crippen LogP contribution is -2.22. The molecule has 0 N–H and O–H groups in total. The van der Waals surface area contributed by atoms with Crippen LogP contribution in [0.15, 0.2) is 189 Å². The molecule has 2 heteroatoms. The van der Waals surface area contributed by atoms with Crippen molar-refractivity contribution >= 4 is 21.5 Å². The van der Waals surface area contributed by atoms with Crippen LogP contribution in [0.25, 0.3) is 77.2 Å². The smallest absolute Gasteiger partial charge is 0.0435 e. The molecule has 0 spiro atoms. The molecule has 2 nitrogen and oxygen atoms in total. The molecule has 0 aliphatic heterocycles. The van der Waals surface area contributed by atoms with E-state index in [-0.39, 0.29) is 5.41 Å². The Balaban J connectivity index is 1.15. The van der Waals surface area contributed by atoms with Gasteiger partial charge in [0.05, 0.1) is 0 Å². The number of hydrogen-bond acceptors (Lipinski definition) is 2. The third kappa shape index (κ3) is 4.80. The van der Waals surface area contributed by atoms with Crippen LogP contribution in [-0.4, -0.2) is 9.97 Å². The molecule has 1 aliphatic carbocycles. The SMILES string of the molecule is CC1(c2ccccc2)c2ccccc2-c2c1ccc(-c1ccc(-c3ccc4cnccc4c3)cc1)c2-c1ccc(-c2ccc3cnccc3c2)cc1. The molecule has 244 valence electrons. The fraction of sp³-hybridized carbons (Fsp3) is 0.0400. The van der Waals surface area contributed by atoms with E-state index in [4.69, 9.17) is 0 Å². The number of benzene rings is 7. The highest BCUT2D eigenvalue weighted by Gasteiger charge is 2.42. The van der Waals surface area contributed by atoms with Crippen LogP contribution in [0.4, 0.5) is 0 Å². The Morgan fingerprint density at radius 3 is 1.54 bits per heavy atom. The Morgan fingerprint density at radius 1 is 0.365 bits per heavy atom.